The van der Waals surface area contributed by atoms with Gasteiger partial charge in [0.25, 0.3) is 5.91 Å². The summed E-state index contributed by atoms with van der Waals surface area (Å²) in [5.74, 6) is -1.96. The number of amides is 1. The standard InChI is InChI=1S/C17H16ClFN4O3/c1-2-26-17(25)11-5-4-8-22(9-11)16(24)13-10-23(21-20-13)14-7-3-6-12(18)15(14)19/h3-7,10-11H,2,8-9H2,1H3. The van der Waals surface area contributed by atoms with E-state index < -0.39 is 17.6 Å². The molecule has 1 aliphatic heterocycles. The largest absolute Gasteiger partial charge is 0.465 e. The average molecular weight is 379 g/mol. The maximum atomic E-state index is 14.1. The van der Waals surface area contributed by atoms with Crippen LogP contribution in [0.15, 0.2) is 36.5 Å². The Hall–Kier alpha value is -2.74. The maximum Gasteiger partial charge on any atom is 0.314 e. The van der Waals surface area contributed by atoms with Gasteiger partial charge < -0.3 is 9.64 Å². The van der Waals surface area contributed by atoms with Gasteiger partial charge in [-0.1, -0.05) is 35.0 Å². The van der Waals surface area contributed by atoms with Crippen LogP contribution in [0.2, 0.25) is 5.02 Å². The molecule has 1 aromatic carbocycles. The fraction of sp³-hybridized carbons (Fsp3) is 0.294. The highest BCUT2D eigenvalue weighted by Gasteiger charge is 2.28. The molecule has 3 rings (SSSR count). The second-order valence-electron chi connectivity index (χ2n) is 5.62. The Morgan fingerprint density at radius 3 is 3.00 bits per heavy atom. The van der Waals surface area contributed by atoms with Gasteiger partial charge in [-0.25, -0.2) is 9.07 Å². The van der Waals surface area contributed by atoms with E-state index in [1.807, 2.05) is 0 Å². The number of aromatic nitrogens is 3. The van der Waals surface area contributed by atoms with Crippen molar-refractivity contribution >= 4 is 23.5 Å². The Balaban J connectivity index is 1.77. The second-order valence-corrected chi connectivity index (χ2v) is 6.03. The molecule has 1 atom stereocenters. The lowest BCUT2D eigenvalue weighted by Gasteiger charge is -2.27. The fourth-order valence-electron chi connectivity index (χ4n) is 2.60. The highest BCUT2D eigenvalue weighted by atomic mass is 35.5. The Kier molecular flexibility index (Phi) is 5.32. The number of hydrogen-bond acceptors (Lipinski definition) is 5. The molecule has 0 saturated carbocycles. The average Bonchev–Trinajstić information content (AvgIpc) is 3.13. The van der Waals surface area contributed by atoms with Crippen LogP contribution in [-0.2, 0) is 9.53 Å². The molecule has 1 amide bonds. The predicted octanol–water partition coefficient (Wildman–Crippen LogP) is 2.25. The zero-order valence-corrected chi connectivity index (χ0v) is 14.7. The summed E-state index contributed by atoms with van der Waals surface area (Å²) in [6.45, 7) is 2.52. The molecule has 7 nitrogen and oxygen atoms in total. The lowest BCUT2D eigenvalue weighted by Crippen LogP contribution is -2.40. The Bertz CT molecular complexity index is 867. The molecule has 1 aromatic heterocycles. The summed E-state index contributed by atoms with van der Waals surface area (Å²) >= 11 is 5.76. The van der Waals surface area contributed by atoms with Crippen LogP contribution in [0.4, 0.5) is 4.39 Å². The van der Waals surface area contributed by atoms with E-state index in [1.54, 1.807) is 25.1 Å². The zero-order chi connectivity index (χ0) is 18.7. The Morgan fingerprint density at radius 1 is 1.42 bits per heavy atom. The van der Waals surface area contributed by atoms with E-state index in [9.17, 15) is 14.0 Å². The van der Waals surface area contributed by atoms with E-state index in [-0.39, 0.29) is 35.5 Å². The molecule has 26 heavy (non-hydrogen) atoms. The molecule has 0 N–H and O–H groups in total. The lowest BCUT2D eigenvalue weighted by molar-refractivity contribution is -0.146. The van der Waals surface area contributed by atoms with Gasteiger partial charge in [0, 0.05) is 13.1 Å². The first-order chi connectivity index (χ1) is 12.5. The minimum absolute atomic E-state index is 0.0438. The smallest absolute Gasteiger partial charge is 0.314 e. The summed E-state index contributed by atoms with van der Waals surface area (Å²) in [6, 6.07) is 4.47. The molecular formula is C17H16ClFN4O3. The molecule has 9 heteroatoms. The SMILES string of the molecule is CCOC(=O)C1C=CCN(C(=O)c2cn(-c3cccc(Cl)c3F)nn2)C1. The van der Waals surface area contributed by atoms with Gasteiger partial charge in [-0.3, -0.25) is 9.59 Å². The maximum absolute atomic E-state index is 14.1. The van der Waals surface area contributed by atoms with Crippen molar-refractivity contribution in [1.29, 1.82) is 0 Å². The van der Waals surface area contributed by atoms with Gasteiger partial charge in [0.15, 0.2) is 11.5 Å². The molecule has 0 aliphatic carbocycles. The van der Waals surface area contributed by atoms with Crippen molar-refractivity contribution in [3.8, 4) is 5.69 Å². The topological polar surface area (TPSA) is 77.3 Å². The summed E-state index contributed by atoms with van der Waals surface area (Å²) in [4.78, 5) is 26.0. The van der Waals surface area contributed by atoms with Crippen LogP contribution < -0.4 is 0 Å². The molecule has 136 valence electrons. The van der Waals surface area contributed by atoms with Crippen molar-refractivity contribution in [1.82, 2.24) is 19.9 Å². The third-order valence-corrected chi connectivity index (χ3v) is 4.17. The monoisotopic (exact) mass is 378 g/mol. The minimum atomic E-state index is -0.652. The number of carbonyl (C=O) groups is 2. The first-order valence-corrected chi connectivity index (χ1v) is 8.38. The molecule has 2 aromatic rings. The van der Waals surface area contributed by atoms with Crippen molar-refractivity contribution in [2.75, 3.05) is 19.7 Å². The summed E-state index contributed by atoms with van der Waals surface area (Å²) in [6.07, 6.45) is 4.78. The summed E-state index contributed by atoms with van der Waals surface area (Å²) < 4.78 is 20.2. The van der Waals surface area contributed by atoms with Crippen LogP contribution in [0.25, 0.3) is 5.69 Å². The number of hydrogen-bond donors (Lipinski definition) is 0. The van der Waals surface area contributed by atoms with E-state index in [1.165, 1.54) is 23.2 Å². The molecule has 1 unspecified atom stereocenters. The summed E-state index contributed by atoms with van der Waals surface area (Å²) in [7, 11) is 0. The normalized spacial score (nSPS) is 16.6. The molecule has 0 saturated heterocycles. The number of benzene rings is 1. The van der Waals surface area contributed by atoms with Gasteiger partial charge in [-0.2, -0.15) is 0 Å². The number of ether oxygens (including phenoxy) is 1. The van der Waals surface area contributed by atoms with E-state index in [4.69, 9.17) is 16.3 Å². The van der Waals surface area contributed by atoms with E-state index >= 15 is 0 Å². The van der Waals surface area contributed by atoms with Crippen molar-refractivity contribution in [3.63, 3.8) is 0 Å². The first-order valence-electron chi connectivity index (χ1n) is 8.00. The molecule has 2 heterocycles. The van der Waals surface area contributed by atoms with Gasteiger partial charge in [0.05, 0.1) is 23.7 Å². The highest BCUT2D eigenvalue weighted by Crippen LogP contribution is 2.21. The number of rotatable bonds is 4. The Labute approximate surface area is 154 Å². The second kappa shape index (κ2) is 7.65. The van der Waals surface area contributed by atoms with Crippen molar-refractivity contribution in [2.24, 2.45) is 5.92 Å². The summed E-state index contributed by atoms with van der Waals surface area (Å²) in [5.41, 5.74) is 0.134. The molecule has 0 spiro atoms. The van der Waals surface area contributed by atoms with Crippen LogP contribution >= 0.6 is 11.6 Å². The number of nitrogens with zero attached hydrogens (tertiary/aromatic N) is 4. The van der Waals surface area contributed by atoms with Gasteiger partial charge in [0.1, 0.15) is 5.69 Å². The van der Waals surface area contributed by atoms with E-state index in [2.05, 4.69) is 10.3 Å². The third-order valence-electron chi connectivity index (χ3n) is 3.88. The Morgan fingerprint density at radius 2 is 2.23 bits per heavy atom. The highest BCUT2D eigenvalue weighted by molar-refractivity contribution is 6.30. The number of halogens is 2. The zero-order valence-electron chi connectivity index (χ0n) is 13.9. The first kappa shape index (κ1) is 18.1. The molecule has 0 fully saturated rings. The van der Waals surface area contributed by atoms with Crippen molar-refractivity contribution in [2.45, 2.75) is 6.92 Å². The molecule has 0 radical (unpaired) electrons. The van der Waals surface area contributed by atoms with Gasteiger partial charge in [0.2, 0.25) is 0 Å². The van der Waals surface area contributed by atoms with E-state index in [0.29, 0.717) is 6.54 Å². The van der Waals surface area contributed by atoms with E-state index in [0.717, 1.165) is 4.68 Å². The van der Waals surface area contributed by atoms with Crippen LogP contribution in [0.3, 0.4) is 0 Å². The van der Waals surface area contributed by atoms with Crippen molar-refractivity contribution < 1.29 is 18.7 Å². The summed E-state index contributed by atoms with van der Waals surface area (Å²) in [5, 5.41) is 7.56. The lowest BCUT2D eigenvalue weighted by atomic mass is 10.1. The van der Waals surface area contributed by atoms with Crippen LogP contribution in [0, 0.1) is 11.7 Å². The number of carbonyl (C=O) groups excluding carboxylic acids is 2. The minimum Gasteiger partial charge on any atom is -0.465 e. The fourth-order valence-corrected chi connectivity index (χ4v) is 2.77. The third kappa shape index (κ3) is 3.60. The van der Waals surface area contributed by atoms with Crippen molar-refractivity contribution in [3.05, 3.63) is 53.1 Å². The predicted molar refractivity (Wildman–Crippen MR) is 91.5 cm³/mol. The van der Waals surface area contributed by atoms with Gasteiger partial charge >= 0.3 is 5.97 Å². The quantitative estimate of drug-likeness (QED) is 0.602. The van der Waals surface area contributed by atoms with Gasteiger partial charge in [-0.05, 0) is 19.1 Å². The number of esters is 1. The molecule has 1 aliphatic rings. The molecule has 0 bridgehead atoms. The van der Waals surface area contributed by atoms with Crippen LogP contribution in [0.1, 0.15) is 17.4 Å². The van der Waals surface area contributed by atoms with Gasteiger partial charge in [-0.15, -0.1) is 5.10 Å². The van der Waals surface area contributed by atoms with Crippen LogP contribution in [0.5, 0.6) is 0 Å². The van der Waals surface area contributed by atoms with Crippen LogP contribution in [-0.4, -0.2) is 51.5 Å². The molecular weight excluding hydrogens is 363 g/mol.